The van der Waals surface area contributed by atoms with Crippen LogP contribution in [0.2, 0.25) is 0 Å². The Morgan fingerprint density at radius 1 is 0.793 bits per heavy atom. The molecule has 1 N–H and O–H groups in total. The lowest BCUT2D eigenvalue weighted by molar-refractivity contribution is -0.0388. The number of benzene rings is 3. The molecule has 0 amide bonds. The van der Waals surface area contributed by atoms with E-state index in [0.717, 1.165) is 46.2 Å². The number of rotatable bonds is 3. The average molecular weight is 451 g/mol. The van der Waals surface area contributed by atoms with E-state index in [1.54, 1.807) is 14.2 Å². The molecular weight excluding hydrogens is 428 g/mol. The van der Waals surface area contributed by atoms with Gasteiger partial charge in [0.25, 0.3) is 0 Å². The fourth-order valence-electron chi connectivity index (χ4n) is 5.52. The van der Waals surface area contributed by atoms with Gasteiger partial charge in [-0.15, -0.1) is 0 Å². The fraction of sp³-hybridized carbons (Fsp3) is 0.280. The normalized spacial score (nSPS) is 24.4. The second-order valence-corrected chi connectivity index (χ2v) is 8.94. The van der Waals surface area contributed by atoms with Crippen molar-refractivity contribution in [2.24, 2.45) is 5.41 Å². The van der Waals surface area contributed by atoms with Gasteiger partial charge in [0.2, 0.25) is 0 Å². The Kier molecular flexibility index (Phi) is 4.27. The maximum atomic E-state index is 12.6. The molecule has 148 valence electrons. The van der Waals surface area contributed by atoms with Crippen LogP contribution in [-0.2, 0) is 24.9 Å². The highest BCUT2D eigenvalue weighted by atomic mass is 79.9. The number of halogens is 1. The first-order valence-electron chi connectivity index (χ1n) is 9.82. The molecule has 0 radical (unpaired) electrons. The zero-order valence-corrected chi connectivity index (χ0v) is 18.1. The van der Waals surface area contributed by atoms with Gasteiger partial charge in [-0.05, 0) is 54.2 Å². The summed E-state index contributed by atoms with van der Waals surface area (Å²) in [5.74, 6) is 1.51. The van der Waals surface area contributed by atoms with Crippen LogP contribution < -0.4 is 9.47 Å². The summed E-state index contributed by atoms with van der Waals surface area (Å²) < 4.78 is 12.6. The highest BCUT2D eigenvalue weighted by molar-refractivity contribution is 9.10. The molecule has 0 heterocycles. The monoisotopic (exact) mass is 450 g/mol. The fourth-order valence-corrected chi connectivity index (χ4v) is 6.06. The van der Waals surface area contributed by atoms with Gasteiger partial charge in [-0.25, -0.2) is 0 Å². The molecule has 0 saturated heterocycles. The smallest absolute Gasteiger partial charge is 0.125 e. The van der Waals surface area contributed by atoms with Gasteiger partial charge in [0, 0.05) is 21.0 Å². The Morgan fingerprint density at radius 3 is 2.17 bits per heavy atom. The molecule has 5 rings (SSSR count). The van der Waals surface area contributed by atoms with E-state index in [1.165, 1.54) is 11.1 Å². The Balaban J connectivity index is 1.81. The third kappa shape index (κ3) is 2.45. The molecule has 3 aromatic carbocycles. The van der Waals surface area contributed by atoms with Crippen molar-refractivity contribution in [2.75, 3.05) is 14.2 Å². The molecule has 0 saturated carbocycles. The van der Waals surface area contributed by atoms with Gasteiger partial charge in [0.05, 0.1) is 14.2 Å². The van der Waals surface area contributed by atoms with Gasteiger partial charge in [-0.2, -0.15) is 0 Å². The predicted molar refractivity (Wildman–Crippen MR) is 117 cm³/mol. The topological polar surface area (TPSA) is 38.7 Å². The first kappa shape index (κ1) is 18.7. The molecule has 4 heteroatoms. The van der Waals surface area contributed by atoms with E-state index in [9.17, 15) is 5.11 Å². The van der Waals surface area contributed by atoms with Crippen LogP contribution in [0.1, 0.15) is 27.8 Å². The second kappa shape index (κ2) is 6.61. The molecule has 0 aliphatic heterocycles. The number of methoxy groups -OCH3 is 2. The number of fused-ring (bicyclic) bond motifs is 2. The first-order chi connectivity index (χ1) is 14.0. The molecule has 0 bridgehead atoms. The molecule has 2 aliphatic rings. The Bertz CT molecular complexity index is 1090. The molecule has 3 nitrogen and oxygen atoms in total. The Hall–Kier alpha value is -2.30. The summed E-state index contributed by atoms with van der Waals surface area (Å²) in [6, 6.07) is 20.2. The zero-order valence-electron chi connectivity index (χ0n) is 16.5. The number of hydrogen-bond donors (Lipinski definition) is 1. The molecule has 2 aliphatic carbocycles. The van der Waals surface area contributed by atoms with Crippen molar-refractivity contribution in [3.8, 4) is 11.5 Å². The van der Waals surface area contributed by atoms with E-state index in [2.05, 4.69) is 34.1 Å². The molecule has 29 heavy (non-hydrogen) atoms. The minimum Gasteiger partial charge on any atom is -0.496 e. The van der Waals surface area contributed by atoms with Crippen LogP contribution in [0.5, 0.6) is 11.5 Å². The first-order valence-corrected chi connectivity index (χ1v) is 10.6. The predicted octanol–water partition coefficient (Wildman–Crippen LogP) is 5.04. The lowest BCUT2D eigenvalue weighted by atomic mass is 9.66. The van der Waals surface area contributed by atoms with Crippen molar-refractivity contribution < 1.29 is 14.6 Å². The van der Waals surface area contributed by atoms with E-state index in [0.29, 0.717) is 5.75 Å². The van der Waals surface area contributed by atoms with Gasteiger partial charge in [0.15, 0.2) is 0 Å². The number of aliphatic hydroxyl groups is 1. The van der Waals surface area contributed by atoms with Gasteiger partial charge in [-0.3, -0.25) is 0 Å². The van der Waals surface area contributed by atoms with Crippen LogP contribution in [0, 0.1) is 5.41 Å². The van der Waals surface area contributed by atoms with Crippen LogP contribution in [0.3, 0.4) is 0 Å². The lowest BCUT2D eigenvalue weighted by Gasteiger charge is -2.41. The van der Waals surface area contributed by atoms with Crippen molar-refractivity contribution in [3.05, 3.63) is 93.0 Å². The summed E-state index contributed by atoms with van der Waals surface area (Å²) in [7, 11) is 3.35. The third-order valence-electron chi connectivity index (χ3n) is 6.77. The highest BCUT2D eigenvalue weighted by Gasteiger charge is 2.62. The maximum absolute atomic E-state index is 12.6. The Labute approximate surface area is 179 Å². The van der Waals surface area contributed by atoms with Crippen molar-refractivity contribution in [1.82, 2.24) is 0 Å². The highest BCUT2D eigenvalue weighted by Crippen LogP contribution is 2.63. The summed E-state index contributed by atoms with van der Waals surface area (Å²) in [6.07, 6.45) is 2.32. The van der Waals surface area contributed by atoms with Crippen molar-refractivity contribution in [3.63, 3.8) is 0 Å². The van der Waals surface area contributed by atoms with E-state index in [1.807, 2.05) is 42.5 Å². The van der Waals surface area contributed by atoms with Crippen LogP contribution in [-0.4, -0.2) is 19.3 Å². The lowest BCUT2D eigenvalue weighted by Crippen LogP contribution is -2.44. The van der Waals surface area contributed by atoms with Crippen molar-refractivity contribution >= 4 is 15.9 Å². The third-order valence-corrected chi connectivity index (χ3v) is 7.51. The molecule has 1 spiro atoms. The van der Waals surface area contributed by atoms with Crippen LogP contribution in [0.15, 0.2) is 65.1 Å². The average Bonchev–Trinajstić information content (AvgIpc) is 3.25. The minimum atomic E-state index is -1.18. The van der Waals surface area contributed by atoms with Crippen molar-refractivity contribution in [1.29, 1.82) is 0 Å². The SMILES string of the molecule is COc1ccc(OC)c2c1CC1(Cc3cccc(Br)c3C1)C2(O)c1ccccc1. The summed E-state index contributed by atoms with van der Waals surface area (Å²) in [4.78, 5) is 0. The second-order valence-electron chi connectivity index (χ2n) is 8.09. The molecule has 2 atom stereocenters. The summed E-state index contributed by atoms with van der Waals surface area (Å²) >= 11 is 3.73. The van der Waals surface area contributed by atoms with Crippen molar-refractivity contribution in [2.45, 2.75) is 24.9 Å². The van der Waals surface area contributed by atoms with E-state index in [4.69, 9.17) is 9.47 Å². The van der Waals surface area contributed by atoms with Gasteiger partial charge >= 0.3 is 0 Å². The van der Waals surface area contributed by atoms with Gasteiger partial charge in [0.1, 0.15) is 17.1 Å². The molecular formula is C25H23BrO3. The largest absolute Gasteiger partial charge is 0.496 e. The zero-order chi connectivity index (χ0) is 20.2. The molecule has 0 fully saturated rings. The van der Waals surface area contributed by atoms with E-state index >= 15 is 0 Å². The standard InChI is InChI=1S/C25H23BrO3/c1-28-21-11-12-22(29-2)23-19(21)15-24(25(23,27)17-8-4-3-5-9-17)13-16-7-6-10-20(26)18(16)14-24/h3-12,27H,13-15H2,1-2H3. The number of ether oxygens (including phenoxy) is 2. The molecule has 2 unspecified atom stereocenters. The molecule has 3 aromatic rings. The van der Waals surface area contributed by atoms with E-state index in [-0.39, 0.29) is 0 Å². The molecule has 0 aromatic heterocycles. The summed E-state index contributed by atoms with van der Waals surface area (Å²) in [5.41, 5.74) is 3.78. The quantitative estimate of drug-likeness (QED) is 0.606. The van der Waals surface area contributed by atoms with Crippen LogP contribution in [0.4, 0.5) is 0 Å². The van der Waals surface area contributed by atoms with Crippen LogP contribution in [0.25, 0.3) is 0 Å². The Morgan fingerprint density at radius 2 is 1.48 bits per heavy atom. The van der Waals surface area contributed by atoms with Gasteiger partial charge in [-0.1, -0.05) is 58.4 Å². The summed E-state index contributed by atoms with van der Waals surface area (Å²) in [6.45, 7) is 0. The minimum absolute atomic E-state index is 0.398. The van der Waals surface area contributed by atoms with E-state index < -0.39 is 11.0 Å². The maximum Gasteiger partial charge on any atom is 0.125 e. The van der Waals surface area contributed by atoms with Gasteiger partial charge < -0.3 is 14.6 Å². The van der Waals surface area contributed by atoms with Crippen LogP contribution >= 0.6 is 15.9 Å². The number of hydrogen-bond acceptors (Lipinski definition) is 3. The summed E-state index contributed by atoms with van der Waals surface area (Å²) in [5, 5.41) is 12.6.